The Bertz CT molecular complexity index is 485. The van der Waals surface area contributed by atoms with E-state index in [0.29, 0.717) is 6.54 Å². The predicted molar refractivity (Wildman–Crippen MR) is 80.1 cm³/mol. The zero-order valence-electron chi connectivity index (χ0n) is 11.5. The van der Waals surface area contributed by atoms with Crippen LogP contribution in [0.3, 0.4) is 0 Å². The number of hydrogen-bond donors (Lipinski definition) is 2. The molecular formula is C12H18BrN5O2. The first-order valence-electron chi connectivity index (χ1n) is 6.49. The first-order chi connectivity index (χ1) is 9.65. The highest BCUT2D eigenvalue weighted by Gasteiger charge is 2.27. The molecule has 1 saturated heterocycles. The summed E-state index contributed by atoms with van der Waals surface area (Å²) in [6.07, 6.45) is 2.01. The van der Waals surface area contributed by atoms with Gasteiger partial charge in [0.2, 0.25) is 0 Å². The summed E-state index contributed by atoms with van der Waals surface area (Å²) >= 11 is 3.54. The van der Waals surface area contributed by atoms with Gasteiger partial charge in [0.1, 0.15) is 22.4 Å². The van der Waals surface area contributed by atoms with Crippen LogP contribution in [0.2, 0.25) is 0 Å². The van der Waals surface area contributed by atoms with Gasteiger partial charge in [-0.25, -0.2) is 14.8 Å². The van der Waals surface area contributed by atoms with Crippen molar-refractivity contribution in [2.75, 3.05) is 37.0 Å². The molecule has 0 radical (unpaired) electrons. The third-order valence-electron chi connectivity index (χ3n) is 3.11. The van der Waals surface area contributed by atoms with Crippen molar-refractivity contribution in [1.82, 2.24) is 15.3 Å². The van der Waals surface area contributed by atoms with E-state index in [9.17, 15) is 4.79 Å². The van der Waals surface area contributed by atoms with Crippen molar-refractivity contribution in [2.24, 2.45) is 0 Å². The predicted octanol–water partition coefficient (Wildman–Crippen LogP) is 1.61. The highest BCUT2D eigenvalue weighted by Crippen LogP contribution is 2.31. The minimum Gasteiger partial charge on any atom is -0.453 e. The third kappa shape index (κ3) is 3.30. The van der Waals surface area contributed by atoms with Crippen LogP contribution >= 0.6 is 15.9 Å². The molecule has 20 heavy (non-hydrogen) atoms. The van der Waals surface area contributed by atoms with Crippen LogP contribution in [0.15, 0.2) is 10.8 Å². The summed E-state index contributed by atoms with van der Waals surface area (Å²) in [5, 5.41) is 5.99. The van der Waals surface area contributed by atoms with E-state index in [4.69, 9.17) is 0 Å². The summed E-state index contributed by atoms with van der Waals surface area (Å²) in [5.74, 6) is 1.62. The average Bonchev–Trinajstić information content (AvgIpc) is 2.89. The molecule has 110 valence electrons. The highest BCUT2D eigenvalue weighted by molar-refractivity contribution is 9.10. The number of carbonyl (C=O) groups excluding carboxylic acids is 1. The van der Waals surface area contributed by atoms with E-state index in [2.05, 4.69) is 46.2 Å². The molecule has 1 aliphatic rings. The van der Waals surface area contributed by atoms with Gasteiger partial charge >= 0.3 is 6.09 Å². The number of nitrogens with one attached hydrogen (secondary N) is 2. The number of methoxy groups -OCH3 is 1. The summed E-state index contributed by atoms with van der Waals surface area (Å²) in [6, 6.07) is 0.0758. The number of ether oxygens (including phenoxy) is 1. The smallest absolute Gasteiger partial charge is 0.407 e. The van der Waals surface area contributed by atoms with E-state index in [1.807, 2.05) is 6.92 Å². The molecule has 1 aromatic rings. The van der Waals surface area contributed by atoms with Gasteiger partial charge in [0, 0.05) is 19.6 Å². The summed E-state index contributed by atoms with van der Waals surface area (Å²) < 4.78 is 5.46. The monoisotopic (exact) mass is 343 g/mol. The van der Waals surface area contributed by atoms with Gasteiger partial charge in [-0.2, -0.15) is 0 Å². The minimum absolute atomic E-state index is 0.0758. The van der Waals surface area contributed by atoms with Crippen LogP contribution in [0, 0.1) is 0 Å². The molecular weight excluding hydrogens is 326 g/mol. The lowest BCUT2D eigenvalue weighted by Crippen LogP contribution is -2.37. The Labute approximate surface area is 126 Å². The zero-order chi connectivity index (χ0) is 14.5. The van der Waals surface area contributed by atoms with Crippen molar-refractivity contribution in [3.05, 3.63) is 10.8 Å². The van der Waals surface area contributed by atoms with Crippen LogP contribution in [-0.4, -0.2) is 48.8 Å². The Kier molecular flexibility index (Phi) is 4.99. The van der Waals surface area contributed by atoms with Gasteiger partial charge in [-0.1, -0.05) is 0 Å². The molecule has 1 atom stereocenters. The van der Waals surface area contributed by atoms with Crippen LogP contribution in [0.25, 0.3) is 0 Å². The number of hydrogen-bond acceptors (Lipinski definition) is 6. The molecule has 2 rings (SSSR count). The maximum absolute atomic E-state index is 11.2. The van der Waals surface area contributed by atoms with E-state index in [0.717, 1.165) is 35.6 Å². The Hall–Kier alpha value is -1.57. The summed E-state index contributed by atoms with van der Waals surface area (Å²) in [5.41, 5.74) is 0. The van der Waals surface area contributed by atoms with Crippen LogP contribution < -0.4 is 15.5 Å². The first kappa shape index (κ1) is 14.8. The van der Waals surface area contributed by atoms with Gasteiger partial charge in [-0.05, 0) is 29.3 Å². The maximum Gasteiger partial charge on any atom is 0.407 e. The Morgan fingerprint density at radius 2 is 2.40 bits per heavy atom. The molecule has 8 heteroatoms. The van der Waals surface area contributed by atoms with Crippen molar-refractivity contribution < 1.29 is 9.53 Å². The molecule has 1 aliphatic heterocycles. The molecule has 2 N–H and O–H groups in total. The summed E-state index contributed by atoms with van der Waals surface area (Å²) in [6.45, 7) is 4.34. The SMILES string of the molecule is CCNc1ncnc(N2CCC(NC(=O)OC)C2)c1Br. The number of nitrogens with zero attached hydrogens (tertiary/aromatic N) is 3. The van der Waals surface area contributed by atoms with Crippen LogP contribution in [0.4, 0.5) is 16.4 Å². The van der Waals surface area contributed by atoms with Crippen LogP contribution in [0.1, 0.15) is 13.3 Å². The number of amides is 1. The number of rotatable bonds is 4. The first-order valence-corrected chi connectivity index (χ1v) is 7.28. The third-order valence-corrected chi connectivity index (χ3v) is 3.84. The summed E-state index contributed by atoms with van der Waals surface area (Å²) in [4.78, 5) is 21.9. The second kappa shape index (κ2) is 6.74. The molecule has 2 heterocycles. The molecule has 0 aliphatic carbocycles. The quantitative estimate of drug-likeness (QED) is 0.864. The molecule has 1 aromatic heterocycles. The maximum atomic E-state index is 11.2. The number of anilines is 2. The van der Waals surface area contributed by atoms with E-state index in [1.54, 1.807) is 6.33 Å². The van der Waals surface area contributed by atoms with Gasteiger partial charge in [0.15, 0.2) is 0 Å². The number of alkyl carbamates (subject to hydrolysis) is 1. The molecule has 7 nitrogen and oxygen atoms in total. The molecule has 0 aromatic carbocycles. The molecule has 1 unspecified atom stereocenters. The molecule has 0 saturated carbocycles. The zero-order valence-corrected chi connectivity index (χ0v) is 13.1. The van der Waals surface area contributed by atoms with Crippen LogP contribution in [0.5, 0.6) is 0 Å². The van der Waals surface area contributed by atoms with Crippen LogP contribution in [-0.2, 0) is 4.74 Å². The van der Waals surface area contributed by atoms with E-state index < -0.39 is 6.09 Å². The Morgan fingerprint density at radius 3 is 3.10 bits per heavy atom. The van der Waals surface area contributed by atoms with Gasteiger partial charge in [0.25, 0.3) is 0 Å². The fraction of sp³-hybridized carbons (Fsp3) is 0.583. The largest absolute Gasteiger partial charge is 0.453 e. The molecule has 0 spiro atoms. The second-order valence-corrected chi connectivity index (χ2v) is 5.25. The minimum atomic E-state index is -0.396. The van der Waals surface area contributed by atoms with Crippen molar-refractivity contribution in [2.45, 2.75) is 19.4 Å². The lowest BCUT2D eigenvalue weighted by molar-refractivity contribution is 0.167. The summed E-state index contributed by atoms with van der Waals surface area (Å²) in [7, 11) is 1.37. The van der Waals surface area contributed by atoms with E-state index in [-0.39, 0.29) is 6.04 Å². The number of halogens is 1. The number of carbonyl (C=O) groups is 1. The fourth-order valence-electron chi connectivity index (χ4n) is 2.17. The highest BCUT2D eigenvalue weighted by atomic mass is 79.9. The van der Waals surface area contributed by atoms with Gasteiger partial charge in [0.05, 0.1) is 13.2 Å². The van der Waals surface area contributed by atoms with Gasteiger partial charge < -0.3 is 20.3 Å². The molecule has 1 amide bonds. The average molecular weight is 344 g/mol. The Balaban J connectivity index is 2.06. The lowest BCUT2D eigenvalue weighted by Gasteiger charge is -2.20. The standard InChI is InChI=1S/C12H18BrN5O2/c1-3-14-10-9(13)11(16-7-15-10)18-5-4-8(6-18)17-12(19)20-2/h7-8H,3-6H2,1-2H3,(H,17,19)(H,14,15,16). The second-order valence-electron chi connectivity index (χ2n) is 4.46. The Morgan fingerprint density at radius 1 is 1.60 bits per heavy atom. The van der Waals surface area contributed by atoms with Crippen molar-refractivity contribution in [3.8, 4) is 0 Å². The lowest BCUT2D eigenvalue weighted by atomic mass is 10.3. The van der Waals surface area contributed by atoms with E-state index in [1.165, 1.54) is 7.11 Å². The van der Waals surface area contributed by atoms with Crippen molar-refractivity contribution in [1.29, 1.82) is 0 Å². The molecule has 0 bridgehead atoms. The molecule has 1 fully saturated rings. The van der Waals surface area contributed by atoms with Gasteiger partial charge in [-0.15, -0.1) is 0 Å². The number of aromatic nitrogens is 2. The van der Waals surface area contributed by atoms with Crippen molar-refractivity contribution in [3.63, 3.8) is 0 Å². The van der Waals surface area contributed by atoms with Gasteiger partial charge in [-0.3, -0.25) is 0 Å². The fourth-order valence-corrected chi connectivity index (χ4v) is 2.76. The topological polar surface area (TPSA) is 79.4 Å². The normalized spacial score (nSPS) is 17.9. The van der Waals surface area contributed by atoms with E-state index >= 15 is 0 Å². The van der Waals surface area contributed by atoms with Crippen molar-refractivity contribution >= 4 is 33.7 Å².